The van der Waals surface area contributed by atoms with Gasteiger partial charge in [-0.15, -0.1) is 0 Å². The highest BCUT2D eigenvalue weighted by Gasteiger charge is 2.30. The summed E-state index contributed by atoms with van der Waals surface area (Å²) in [6.07, 6.45) is 1.80. The maximum atomic E-state index is 5.73. The SMILES string of the molecule is C[C@@]1(c2ccccn2)CNCCO1. The number of hydrogen-bond donors (Lipinski definition) is 1. The molecule has 1 fully saturated rings. The topological polar surface area (TPSA) is 34.2 Å². The highest BCUT2D eigenvalue weighted by atomic mass is 16.5. The maximum Gasteiger partial charge on any atom is 0.120 e. The van der Waals surface area contributed by atoms with Gasteiger partial charge in [-0.05, 0) is 19.1 Å². The average molecular weight is 178 g/mol. The Bertz CT molecular complexity index is 268. The van der Waals surface area contributed by atoms with Gasteiger partial charge >= 0.3 is 0 Å². The number of aromatic nitrogens is 1. The zero-order chi connectivity index (χ0) is 9.15. The second-order valence-corrected chi connectivity index (χ2v) is 3.47. The van der Waals surface area contributed by atoms with Crippen molar-refractivity contribution >= 4 is 0 Å². The summed E-state index contributed by atoms with van der Waals surface area (Å²) in [6.45, 7) is 4.60. The number of hydrogen-bond acceptors (Lipinski definition) is 3. The van der Waals surface area contributed by atoms with Crippen LogP contribution in [0.4, 0.5) is 0 Å². The third-order valence-corrected chi connectivity index (χ3v) is 2.37. The van der Waals surface area contributed by atoms with Gasteiger partial charge in [0.05, 0.1) is 12.3 Å². The first-order chi connectivity index (χ1) is 6.31. The summed E-state index contributed by atoms with van der Waals surface area (Å²) in [6, 6.07) is 5.92. The molecule has 2 heterocycles. The zero-order valence-electron chi connectivity index (χ0n) is 7.79. The van der Waals surface area contributed by atoms with Crippen molar-refractivity contribution in [3.63, 3.8) is 0 Å². The molecule has 1 saturated heterocycles. The van der Waals surface area contributed by atoms with Gasteiger partial charge in [0.25, 0.3) is 0 Å². The second-order valence-electron chi connectivity index (χ2n) is 3.47. The van der Waals surface area contributed by atoms with E-state index in [1.165, 1.54) is 0 Å². The molecule has 0 bridgehead atoms. The largest absolute Gasteiger partial charge is 0.366 e. The second kappa shape index (κ2) is 3.44. The molecular formula is C10H14N2O. The molecule has 1 aliphatic rings. The molecule has 2 rings (SSSR count). The van der Waals surface area contributed by atoms with Gasteiger partial charge in [0.15, 0.2) is 0 Å². The smallest absolute Gasteiger partial charge is 0.120 e. The summed E-state index contributed by atoms with van der Waals surface area (Å²) in [7, 11) is 0. The van der Waals surface area contributed by atoms with Gasteiger partial charge in [0.1, 0.15) is 5.60 Å². The van der Waals surface area contributed by atoms with Crippen molar-refractivity contribution in [2.75, 3.05) is 19.7 Å². The van der Waals surface area contributed by atoms with Gasteiger partial charge < -0.3 is 10.1 Å². The first-order valence-corrected chi connectivity index (χ1v) is 4.57. The quantitative estimate of drug-likeness (QED) is 0.694. The van der Waals surface area contributed by atoms with Crippen LogP contribution in [-0.4, -0.2) is 24.7 Å². The van der Waals surface area contributed by atoms with E-state index >= 15 is 0 Å². The Kier molecular flexibility index (Phi) is 2.29. The first-order valence-electron chi connectivity index (χ1n) is 4.57. The van der Waals surface area contributed by atoms with Gasteiger partial charge in [-0.2, -0.15) is 0 Å². The number of nitrogens with zero attached hydrogens (tertiary/aromatic N) is 1. The summed E-state index contributed by atoms with van der Waals surface area (Å²) in [5.41, 5.74) is 0.752. The summed E-state index contributed by atoms with van der Waals surface area (Å²) < 4.78 is 5.73. The Morgan fingerprint density at radius 2 is 2.46 bits per heavy atom. The minimum atomic E-state index is -0.250. The molecular weight excluding hydrogens is 164 g/mol. The van der Waals surface area contributed by atoms with Crippen LogP contribution in [0.5, 0.6) is 0 Å². The van der Waals surface area contributed by atoms with E-state index in [-0.39, 0.29) is 5.60 Å². The molecule has 0 amide bonds. The molecule has 1 N–H and O–H groups in total. The van der Waals surface area contributed by atoms with Crippen molar-refractivity contribution in [2.24, 2.45) is 0 Å². The number of ether oxygens (including phenoxy) is 1. The predicted octanol–water partition coefficient (Wildman–Crippen LogP) is 0.917. The monoisotopic (exact) mass is 178 g/mol. The Morgan fingerprint density at radius 3 is 3.08 bits per heavy atom. The Morgan fingerprint density at radius 1 is 1.54 bits per heavy atom. The molecule has 0 aliphatic carbocycles. The van der Waals surface area contributed by atoms with Crippen LogP contribution in [0.1, 0.15) is 12.6 Å². The molecule has 0 unspecified atom stereocenters. The number of pyridine rings is 1. The fraction of sp³-hybridized carbons (Fsp3) is 0.500. The van der Waals surface area contributed by atoms with Gasteiger partial charge in [0.2, 0.25) is 0 Å². The Hall–Kier alpha value is -0.930. The lowest BCUT2D eigenvalue weighted by molar-refractivity contribution is -0.0601. The van der Waals surface area contributed by atoms with Gasteiger partial charge in [-0.25, -0.2) is 0 Å². The minimum Gasteiger partial charge on any atom is -0.366 e. The van der Waals surface area contributed by atoms with Crippen molar-refractivity contribution < 1.29 is 4.74 Å². The van der Waals surface area contributed by atoms with E-state index in [9.17, 15) is 0 Å². The first kappa shape index (κ1) is 8.66. The van der Waals surface area contributed by atoms with Gasteiger partial charge in [-0.1, -0.05) is 6.07 Å². The zero-order valence-corrected chi connectivity index (χ0v) is 7.79. The van der Waals surface area contributed by atoms with Crippen LogP contribution >= 0.6 is 0 Å². The number of nitrogens with one attached hydrogen (secondary N) is 1. The van der Waals surface area contributed by atoms with E-state index in [1.54, 1.807) is 6.20 Å². The lowest BCUT2D eigenvalue weighted by atomic mass is 10.0. The van der Waals surface area contributed by atoms with Crippen LogP contribution in [0.15, 0.2) is 24.4 Å². The fourth-order valence-corrected chi connectivity index (χ4v) is 1.57. The highest BCUT2D eigenvalue weighted by Crippen LogP contribution is 2.23. The molecule has 0 spiro atoms. The van der Waals surface area contributed by atoms with Crippen molar-refractivity contribution in [1.29, 1.82) is 0 Å². The molecule has 1 aromatic heterocycles. The lowest BCUT2D eigenvalue weighted by Crippen LogP contribution is -2.45. The van der Waals surface area contributed by atoms with Crippen LogP contribution in [0.2, 0.25) is 0 Å². The van der Waals surface area contributed by atoms with Crippen LogP contribution in [0, 0.1) is 0 Å². The summed E-state index contributed by atoms with van der Waals surface area (Å²) in [5, 5.41) is 3.31. The lowest BCUT2D eigenvalue weighted by Gasteiger charge is -2.33. The van der Waals surface area contributed by atoms with E-state index in [2.05, 4.69) is 17.2 Å². The van der Waals surface area contributed by atoms with Gasteiger partial charge in [0, 0.05) is 19.3 Å². The van der Waals surface area contributed by atoms with Crippen molar-refractivity contribution in [2.45, 2.75) is 12.5 Å². The summed E-state index contributed by atoms with van der Waals surface area (Å²) >= 11 is 0. The summed E-state index contributed by atoms with van der Waals surface area (Å²) in [4.78, 5) is 4.31. The molecule has 3 nitrogen and oxygen atoms in total. The van der Waals surface area contributed by atoms with E-state index < -0.39 is 0 Å². The Balaban J connectivity index is 2.23. The maximum absolute atomic E-state index is 5.73. The Labute approximate surface area is 78.1 Å². The third kappa shape index (κ3) is 1.71. The van der Waals surface area contributed by atoms with Crippen molar-refractivity contribution in [3.05, 3.63) is 30.1 Å². The molecule has 3 heteroatoms. The van der Waals surface area contributed by atoms with Crippen molar-refractivity contribution in [1.82, 2.24) is 10.3 Å². The van der Waals surface area contributed by atoms with Crippen LogP contribution in [0.25, 0.3) is 0 Å². The molecule has 0 aromatic carbocycles. The fourth-order valence-electron chi connectivity index (χ4n) is 1.57. The molecule has 0 radical (unpaired) electrons. The number of rotatable bonds is 1. The molecule has 1 aromatic rings. The standard InChI is InChI=1S/C10H14N2O/c1-10(8-11-6-7-13-10)9-4-2-3-5-12-9/h2-5,11H,6-8H2,1H3/t10-/m0/s1. The molecule has 0 saturated carbocycles. The minimum absolute atomic E-state index is 0.250. The molecule has 1 aliphatic heterocycles. The normalized spacial score (nSPS) is 28.7. The molecule has 70 valence electrons. The molecule has 13 heavy (non-hydrogen) atoms. The van der Waals surface area contributed by atoms with Gasteiger partial charge in [-0.3, -0.25) is 4.98 Å². The van der Waals surface area contributed by atoms with E-state index in [4.69, 9.17) is 4.74 Å². The van der Waals surface area contributed by atoms with Crippen LogP contribution < -0.4 is 5.32 Å². The van der Waals surface area contributed by atoms with E-state index in [0.717, 1.165) is 25.4 Å². The van der Waals surface area contributed by atoms with Crippen LogP contribution in [-0.2, 0) is 10.3 Å². The predicted molar refractivity (Wildman–Crippen MR) is 50.4 cm³/mol. The molecule has 1 atom stereocenters. The highest BCUT2D eigenvalue weighted by molar-refractivity contribution is 5.13. The third-order valence-electron chi connectivity index (χ3n) is 2.37. The van der Waals surface area contributed by atoms with Crippen molar-refractivity contribution in [3.8, 4) is 0 Å². The average Bonchev–Trinajstić information content (AvgIpc) is 2.20. The van der Waals surface area contributed by atoms with E-state index in [0.29, 0.717) is 0 Å². The van der Waals surface area contributed by atoms with E-state index in [1.807, 2.05) is 18.2 Å². The number of morpholine rings is 1. The summed E-state index contributed by atoms with van der Waals surface area (Å²) in [5.74, 6) is 0. The van der Waals surface area contributed by atoms with Crippen LogP contribution in [0.3, 0.4) is 0 Å².